The topological polar surface area (TPSA) is 90.9 Å². The van der Waals surface area contributed by atoms with Crippen LogP contribution in [0.2, 0.25) is 0 Å². The largest absolute Gasteiger partial charge is 0.486 e. The van der Waals surface area contributed by atoms with Crippen molar-refractivity contribution in [1.82, 2.24) is 0 Å². The molecule has 0 radical (unpaired) electrons. The highest BCUT2D eigenvalue weighted by molar-refractivity contribution is 9.10. The second-order valence-electron chi connectivity index (χ2n) is 5.33. The Hall–Kier alpha value is -2.26. The van der Waals surface area contributed by atoms with E-state index in [1.807, 2.05) is 0 Å². The molecule has 0 fully saturated rings. The third-order valence-electron chi connectivity index (χ3n) is 3.55. The number of esters is 1. The Morgan fingerprint density at radius 2 is 1.77 bits per heavy atom. The smallest absolute Gasteiger partial charge is 0.338 e. The van der Waals surface area contributed by atoms with Crippen molar-refractivity contribution in [3.63, 3.8) is 0 Å². The van der Waals surface area contributed by atoms with Gasteiger partial charge in [0, 0.05) is 16.6 Å². The minimum Gasteiger partial charge on any atom is -0.486 e. The van der Waals surface area contributed by atoms with Gasteiger partial charge in [-0.15, -0.1) is 0 Å². The highest BCUT2D eigenvalue weighted by Gasteiger charge is 2.20. The summed E-state index contributed by atoms with van der Waals surface area (Å²) in [5, 5.41) is 0. The van der Waals surface area contributed by atoms with Crippen molar-refractivity contribution in [2.75, 3.05) is 24.5 Å². The van der Waals surface area contributed by atoms with Crippen LogP contribution in [0.25, 0.3) is 0 Å². The summed E-state index contributed by atoms with van der Waals surface area (Å²) in [6, 6.07) is 8.72. The van der Waals surface area contributed by atoms with E-state index in [1.165, 1.54) is 24.3 Å². The highest BCUT2D eigenvalue weighted by Crippen LogP contribution is 2.38. The van der Waals surface area contributed by atoms with Gasteiger partial charge in [0.15, 0.2) is 11.5 Å². The summed E-state index contributed by atoms with van der Waals surface area (Å²) in [4.78, 5) is 11.7. The van der Waals surface area contributed by atoms with Gasteiger partial charge in [-0.3, -0.25) is 4.72 Å². The summed E-state index contributed by atoms with van der Waals surface area (Å²) in [5.74, 6) is 0.513. The average Bonchev–Trinajstić information content (AvgIpc) is 2.62. The molecule has 7 nitrogen and oxygen atoms in total. The number of rotatable bonds is 5. The van der Waals surface area contributed by atoms with Gasteiger partial charge in [0.2, 0.25) is 0 Å². The van der Waals surface area contributed by atoms with Crippen LogP contribution < -0.4 is 14.2 Å². The van der Waals surface area contributed by atoms with Crippen molar-refractivity contribution in [3.8, 4) is 11.5 Å². The number of fused-ring (bicyclic) bond motifs is 1. The summed E-state index contributed by atoms with van der Waals surface area (Å²) < 4.78 is 44.0. The monoisotopic (exact) mass is 441 g/mol. The van der Waals surface area contributed by atoms with E-state index in [9.17, 15) is 13.2 Å². The molecule has 0 atom stereocenters. The van der Waals surface area contributed by atoms with E-state index < -0.39 is 16.0 Å². The molecule has 1 aliphatic heterocycles. The molecule has 1 heterocycles. The Labute approximate surface area is 159 Å². The van der Waals surface area contributed by atoms with Crippen LogP contribution in [0.15, 0.2) is 45.8 Å². The fourth-order valence-electron chi connectivity index (χ4n) is 2.33. The minimum atomic E-state index is -3.85. The van der Waals surface area contributed by atoms with Crippen LogP contribution in [-0.4, -0.2) is 34.2 Å². The molecular weight excluding hydrogens is 426 g/mol. The first-order valence-electron chi connectivity index (χ1n) is 7.80. The molecule has 26 heavy (non-hydrogen) atoms. The summed E-state index contributed by atoms with van der Waals surface area (Å²) in [6.07, 6.45) is 0. The maximum absolute atomic E-state index is 12.6. The zero-order valence-electron chi connectivity index (χ0n) is 13.8. The lowest BCUT2D eigenvalue weighted by Crippen LogP contribution is -2.17. The predicted molar refractivity (Wildman–Crippen MR) is 98.3 cm³/mol. The molecule has 1 aliphatic rings. The van der Waals surface area contributed by atoms with Crippen LogP contribution in [-0.2, 0) is 14.8 Å². The number of hydrogen-bond donors (Lipinski definition) is 1. The number of ether oxygens (including phenoxy) is 3. The van der Waals surface area contributed by atoms with Crippen molar-refractivity contribution < 1.29 is 27.4 Å². The predicted octanol–water partition coefficient (Wildman–Crippen LogP) is 3.20. The highest BCUT2D eigenvalue weighted by atomic mass is 79.9. The van der Waals surface area contributed by atoms with Gasteiger partial charge in [-0.25, -0.2) is 13.2 Å². The van der Waals surface area contributed by atoms with Crippen LogP contribution in [0.4, 0.5) is 5.69 Å². The summed E-state index contributed by atoms with van der Waals surface area (Å²) in [6.45, 7) is 2.79. The maximum atomic E-state index is 12.6. The second-order valence-corrected chi connectivity index (χ2v) is 7.86. The van der Waals surface area contributed by atoms with Gasteiger partial charge in [-0.1, -0.05) is 0 Å². The zero-order chi connectivity index (χ0) is 18.7. The van der Waals surface area contributed by atoms with Crippen LogP contribution in [0.5, 0.6) is 11.5 Å². The van der Waals surface area contributed by atoms with E-state index in [0.717, 1.165) is 0 Å². The molecule has 138 valence electrons. The Bertz CT molecular complexity index is 927. The second kappa shape index (κ2) is 7.55. The fraction of sp³-hybridized carbons (Fsp3) is 0.235. The number of carbonyl (C=O) groups excluding carboxylic acids is 1. The molecular formula is C17H16BrNO6S. The molecule has 0 bridgehead atoms. The molecule has 2 aromatic carbocycles. The van der Waals surface area contributed by atoms with Crippen molar-refractivity contribution >= 4 is 37.6 Å². The number of halogens is 1. The first-order chi connectivity index (χ1) is 12.4. The summed E-state index contributed by atoms with van der Waals surface area (Å²) in [7, 11) is -3.85. The molecule has 0 amide bonds. The van der Waals surface area contributed by atoms with Gasteiger partial charge < -0.3 is 14.2 Å². The molecule has 1 N–H and O–H groups in total. The number of carbonyl (C=O) groups is 1. The van der Waals surface area contributed by atoms with Crippen LogP contribution in [0.3, 0.4) is 0 Å². The number of benzene rings is 2. The molecule has 0 saturated carbocycles. The first-order valence-corrected chi connectivity index (χ1v) is 10.1. The Morgan fingerprint density at radius 1 is 1.15 bits per heavy atom. The van der Waals surface area contributed by atoms with E-state index in [4.69, 9.17) is 14.2 Å². The number of nitrogens with one attached hydrogen (secondary N) is 1. The Morgan fingerprint density at radius 3 is 2.38 bits per heavy atom. The lowest BCUT2D eigenvalue weighted by molar-refractivity contribution is 0.0526. The van der Waals surface area contributed by atoms with Gasteiger partial charge >= 0.3 is 5.97 Å². The van der Waals surface area contributed by atoms with Crippen molar-refractivity contribution in [2.45, 2.75) is 11.8 Å². The normalized spacial score (nSPS) is 13.2. The lowest BCUT2D eigenvalue weighted by atomic mass is 10.2. The zero-order valence-corrected chi connectivity index (χ0v) is 16.2. The van der Waals surface area contributed by atoms with E-state index in [2.05, 4.69) is 20.7 Å². The molecule has 0 saturated heterocycles. The quantitative estimate of drug-likeness (QED) is 0.716. The molecule has 0 spiro atoms. The number of anilines is 1. The van der Waals surface area contributed by atoms with Crippen molar-refractivity contribution in [3.05, 3.63) is 46.4 Å². The van der Waals surface area contributed by atoms with Gasteiger partial charge in [-0.05, 0) is 47.1 Å². The minimum absolute atomic E-state index is 0.0207. The summed E-state index contributed by atoms with van der Waals surface area (Å²) in [5.41, 5.74) is 0.607. The lowest BCUT2D eigenvalue weighted by Gasteiger charge is -2.20. The van der Waals surface area contributed by atoms with Gasteiger partial charge in [0.05, 0.1) is 22.8 Å². The van der Waals surface area contributed by atoms with E-state index in [-0.39, 0.29) is 17.1 Å². The third kappa shape index (κ3) is 3.94. The fourth-order valence-corrected chi connectivity index (χ4v) is 3.95. The summed E-state index contributed by atoms with van der Waals surface area (Å²) >= 11 is 3.32. The molecule has 2 aromatic rings. The molecule has 9 heteroatoms. The molecule has 0 aliphatic carbocycles. The van der Waals surface area contributed by atoms with E-state index in [1.54, 1.807) is 19.1 Å². The van der Waals surface area contributed by atoms with Crippen LogP contribution >= 0.6 is 15.9 Å². The van der Waals surface area contributed by atoms with Gasteiger partial charge in [0.1, 0.15) is 13.2 Å². The standard InChI is InChI=1S/C17H16BrNO6S/c1-2-23-17(20)11-3-5-12(6-4-11)26(21,22)19-14-10-16-15(9-13(14)18)24-7-8-25-16/h3-6,9-10,19H,2,7-8H2,1H3. The SMILES string of the molecule is CCOC(=O)c1ccc(S(=O)(=O)Nc2cc3c(cc2Br)OCCO3)cc1. The Balaban J connectivity index is 1.84. The molecule has 0 unspecified atom stereocenters. The van der Waals surface area contributed by atoms with E-state index >= 15 is 0 Å². The molecule has 0 aromatic heterocycles. The maximum Gasteiger partial charge on any atom is 0.338 e. The van der Waals surface area contributed by atoms with Crippen molar-refractivity contribution in [1.29, 1.82) is 0 Å². The van der Waals surface area contributed by atoms with E-state index in [0.29, 0.717) is 34.9 Å². The number of sulfonamides is 1. The average molecular weight is 442 g/mol. The van der Waals surface area contributed by atoms with Gasteiger partial charge in [0.25, 0.3) is 10.0 Å². The van der Waals surface area contributed by atoms with Gasteiger partial charge in [-0.2, -0.15) is 0 Å². The van der Waals surface area contributed by atoms with Crippen molar-refractivity contribution in [2.24, 2.45) is 0 Å². The molecule has 3 rings (SSSR count). The number of hydrogen-bond acceptors (Lipinski definition) is 6. The third-order valence-corrected chi connectivity index (χ3v) is 5.59. The van der Waals surface area contributed by atoms with Crippen LogP contribution in [0, 0.1) is 0 Å². The van der Waals surface area contributed by atoms with Crippen LogP contribution in [0.1, 0.15) is 17.3 Å². The Kier molecular flexibility index (Phi) is 5.38. The first kappa shape index (κ1) is 18.5.